The molecule has 2 aromatic rings. The van der Waals surface area contributed by atoms with Crippen LogP contribution in [0.3, 0.4) is 0 Å². The highest BCUT2D eigenvalue weighted by Crippen LogP contribution is 2.41. The van der Waals surface area contributed by atoms with Crippen LogP contribution in [0.2, 0.25) is 0 Å². The maximum absolute atomic E-state index is 12.1. The lowest BCUT2D eigenvalue weighted by molar-refractivity contribution is -0.122. The van der Waals surface area contributed by atoms with E-state index in [1.165, 1.54) is 12.1 Å². The van der Waals surface area contributed by atoms with Crippen molar-refractivity contribution in [2.45, 2.75) is 6.10 Å². The van der Waals surface area contributed by atoms with E-state index >= 15 is 0 Å². The normalized spacial score (nSPS) is 17.2. The van der Waals surface area contributed by atoms with Gasteiger partial charge in [-0.1, -0.05) is 18.2 Å². The second-order valence-electron chi connectivity index (χ2n) is 4.59. The molecule has 106 valence electrons. The van der Waals surface area contributed by atoms with Crippen molar-refractivity contribution in [2.75, 3.05) is 0 Å². The molecule has 3 N–H and O–H groups in total. The lowest BCUT2D eigenvalue weighted by Crippen LogP contribution is -2.31. The van der Waals surface area contributed by atoms with Crippen molar-refractivity contribution in [3.05, 3.63) is 47.5 Å². The van der Waals surface area contributed by atoms with E-state index in [0.717, 1.165) is 12.1 Å². The number of ketones is 2. The van der Waals surface area contributed by atoms with Crippen molar-refractivity contribution < 1.29 is 29.6 Å². The van der Waals surface area contributed by atoms with Crippen molar-refractivity contribution in [1.29, 1.82) is 0 Å². The van der Waals surface area contributed by atoms with E-state index in [1.54, 1.807) is 12.1 Å². The molecule has 3 rings (SSSR count). The van der Waals surface area contributed by atoms with Gasteiger partial charge < -0.3 is 20.1 Å². The molecule has 1 atom stereocenters. The number of aromatic hydroxyl groups is 3. The molecule has 1 unspecified atom stereocenters. The first-order chi connectivity index (χ1) is 9.99. The third-order valence-corrected chi connectivity index (χ3v) is 3.22. The van der Waals surface area contributed by atoms with Crippen LogP contribution >= 0.6 is 0 Å². The van der Waals surface area contributed by atoms with Gasteiger partial charge in [-0.15, -0.1) is 0 Å². The van der Waals surface area contributed by atoms with Gasteiger partial charge in [0.15, 0.2) is 6.10 Å². The molecule has 0 fully saturated rings. The van der Waals surface area contributed by atoms with Gasteiger partial charge in [-0.2, -0.15) is 0 Å². The summed E-state index contributed by atoms with van der Waals surface area (Å²) in [6, 6.07) is 8.07. The van der Waals surface area contributed by atoms with Gasteiger partial charge in [-0.3, -0.25) is 9.59 Å². The summed E-state index contributed by atoms with van der Waals surface area (Å²) in [4.78, 5) is 24.2. The van der Waals surface area contributed by atoms with Crippen molar-refractivity contribution in [3.63, 3.8) is 0 Å². The Morgan fingerprint density at radius 3 is 2.38 bits per heavy atom. The Morgan fingerprint density at radius 2 is 1.67 bits per heavy atom. The van der Waals surface area contributed by atoms with Crippen LogP contribution in [0.5, 0.6) is 23.0 Å². The van der Waals surface area contributed by atoms with Crippen LogP contribution in [0.1, 0.15) is 22.0 Å². The molecule has 1 aliphatic rings. The number of hydrogen-bond donors (Lipinski definition) is 3. The number of fused-ring (bicyclic) bond motifs is 1. The first kappa shape index (κ1) is 13.0. The highest BCUT2D eigenvalue weighted by molar-refractivity contribution is 6.47. The van der Waals surface area contributed by atoms with Crippen LogP contribution in [-0.4, -0.2) is 26.9 Å². The Balaban J connectivity index is 2.14. The van der Waals surface area contributed by atoms with Gasteiger partial charge >= 0.3 is 0 Å². The molecule has 0 saturated heterocycles. The van der Waals surface area contributed by atoms with Crippen LogP contribution < -0.4 is 4.74 Å². The second kappa shape index (κ2) is 4.52. The third kappa shape index (κ3) is 1.97. The monoisotopic (exact) mass is 286 g/mol. The highest BCUT2D eigenvalue weighted by atomic mass is 16.5. The van der Waals surface area contributed by atoms with Crippen molar-refractivity contribution >= 4 is 11.6 Å². The van der Waals surface area contributed by atoms with Crippen molar-refractivity contribution in [1.82, 2.24) is 0 Å². The minimum absolute atomic E-state index is 0.106. The third-order valence-electron chi connectivity index (χ3n) is 3.22. The molecular weight excluding hydrogens is 276 g/mol. The summed E-state index contributed by atoms with van der Waals surface area (Å²) < 4.78 is 5.39. The Hall–Kier alpha value is -3.02. The van der Waals surface area contributed by atoms with E-state index in [4.69, 9.17) is 4.74 Å². The number of rotatable bonds is 1. The molecule has 21 heavy (non-hydrogen) atoms. The van der Waals surface area contributed by atoms with Crippen molar-refractivity contribution in [3.8, 4) is 23.0 Å². The Kier molecular flexibility index (Phi) is 2.79. The summed E-state index contributed by atoms with van der Waals surface area (Å²) in [6.07, 6.45) is -1.31. The first-order valence-electron chi connectivity index (χ1n) is 6.08. The van der Waals surface area contributed by atoms with Gasteiger partial charge in [-0.05, 0) is 6.07 Å². The van der Waals surface area contributed by atoms with Crippen LogP contribution in [0.4, 0.5) is 0 Å². The van der Waals surface area contributed by atoms with E-state index in [9.17, 15) is 24.9 Å². The van der Waals surface area contributed by atoms with Gasteiger partial charge in [0.05, 0.1) is 0 Å². The summed E-state index contributed by atoms with van der Waals surface area (Å²) in [5, 5.41) is 28.9. The summed E-state index contributed by atoms with van der Waals surface area (Å²) in [7, 11) is 0. The fourth-order valence-electron chi connectivity index (χ4n) is 2.24. The lowest BCUT2D eigenvalue weighted by Gasteiger charge is -2.25. The summed E-state index contributed by atoms with van der Waals surface area (Å²) >= 11 is 0. The number of phenolic OH excluding ortho intramolecular Hbond substituents is 3. The average Bonchev–Trinajstić information content (AvgIpc) is 2.43. The van der Waals surface area contributed by atoms with E-state index in [1.807, 2.05) is 0 Å². The standard InChI is InChI=1S/C15H10O6/c16-7-5-10(18)12-11(6-7)21-15(14(20)13(12)19)8-3-1-2-4-9(8)17/h1-6,15-18H. The van der Waals surface area contributed by atoms with Crippen LogP contribution in [-0.2, 0) is 4.79 Å². The molecule has 0 bridgehead atoms. The molecule has 1 heterocycles. The number of ether oxygens (including phenoxy) is 1. The maximum atomic E-state index is 12.1. The number of carbonyl (C=O) groups is 2. The Labute approximate surface area is 118 Å². The maximum Gasteiger partial charge on any atom is 0.248 e. The van der Waals surface area contributed by atoms with E-state index in [-0.39, 0.29) is 28.4 Å². The Bertz CT molecular complexity index is 765. The summed E-state index contributed by atoms with van der Waals surface area (Å²) in [5.41, 5.74) is -0.145. The topological polar surface area (TPSA) is 104 Å². The van der Waals surface area contributed by atoms with E-state index < -0.39 is 23.4 Å². The fraction of sp³-hybridized carbons (Fsp3) is 0.0667. The van der Waals surface area contributed by atoms with Gasteiger partial charge in [0, 0.05) is 17.7 Å². The lowest BCUT2D eigenvalue weighted by atomic mass is 9.94. The second-order valence-corrected chi connectivity index (χ2v) is 4.59. The van der Waals surface area contributed by atoms with Crippen LogP contribution in [0.15, 0.2) is 36.4 Å². The number of para-hydroxylation sites is 1. The quantitative estimate of drug-likeness (QED) is 0.689. The predicted molar refractivity (Wildman–Crippen MR) is 70.6 cm³/mol. The zero-order valence-electron chi connectivity index (χ0n) is 10.6. The smallest absolute Gasteiger partial charge is 0.248 e. The van der Waals surface area contributed by atoms with E-state index in [2.05, 4.69) is 0 Å². The SMILES string of the molecule is O=C1C(=O)C(c2ccccc2O)Oc2cc(O)cc(O)c21. The number of phenols is 3. The zero-order valence-corrected chi connectivity index (χ0v) is 10.6. The van der Waals surface area contributed by atoms with Gasteiger partial charge in [0.2, 0.25) is 11.6 Å². The number of Topliss-reactive ketones (excluding diaryl/α,β-unsaturated/α-hetero) is 2. The Morgan fingerprint density at radius 1 is 0.952 bits per heavy atom. The molecule has 0 aromatic heterocycles. The van der Waals surface area contributed by atoms with Gasteiger partial charge in [0.1, 0.15) is 28.6 Å². The minimum Gasteiger partial charge on any atom is -0.508 e. The molecule has 2 aromatic carbocycles. The summed E-state index contributed by atoms with van der Waals surface area (Å²) in [5.74, 6) is -2.95. The van der Waals surface area contributed by atoms with Gasteiger partial charge in [0.25, 0.3) is 0 Å². The summed E-state index contributed by atoms with van der Waals surface area (Å²) in [6.45, 7) is 0. The predicted octanol–water partition coefficient (Wildman–Crippen LogP) is 1.69. The molecule has 6 heteroatoms. The molecular formula is C15H10O6. The van der Waals surface area contributed by atoms with Crippen LogP contribution in [0, 0.1) is 0 Å². The highest BCUT2D eigenvalue weighted by Gasteiger charge is 2.39. The molecule has 0 radical (unpaired) electrons. The first-order valence-corrected chi connectivity index (χ1v) is 6.08. The molecule has 6 nitrogen and oxygen atoms in total. The minimum atomic E-state index is -1.31. The molecule has 0 saturated carbocycles. The number of benzene rings is 2. The number of carbonyl (C=O) groups excluding carboxylic acids is 2. The molecule has 1 aliphatic heterocycles. The number of hydrogen-bond acceptors (Lipinski definition) is 6. The average molecular weight is 286 g/mol. The zero-order chi connectivity index (χ0) is 15.1. The van der Waals surface area contributed by atoms with Crippen LogP contribution in [0.25, 0.3) is 0 Å². The molecule has 0 aliphatic carbocycles. The molecule has 0 spiro atoms. The fourth-order valence-corrected chi connectivity index (χ4v) is 2.24. The van der Waals surface area contributed by atoms with Gasteiger partial charge in [-0.25, -0.2) is 0 Å². The van der Waals surface area contributed by atoms with E-state index in [0.29, 0.717) is 0 Å². The largest absolute Gasteiger partial charge is 0.508 e. The van der Waals surface area contributed by atoms with Crippen molar-refractivity contribution in [2.24, 2.45) is 0 Å². The molecule has 0 amide bonds.